The highest BCUT2D eigenvalue weighted by Crippen LogP contribution is 2.59. The van der Waals surface area contributed by atoms with Crippen LogP contribution in [-0.4, -0.2) is 46.7 Å². The number of carbonyl (C=O) groups is 2. The van der Waals surface area contributed by atoms with Crippen molar-refractivity contribution >= 4 is 11.8 Å². The Bertz CT molecular complexity index is 824. The Labute approximate surface area is 160 Å². The standard InChI is InChI=1S/C22H25N3O2/c1-24(15-18-9-5-6-11-23-18)21(27)19-14-22(19)10-12-25(16-22)20(26)13-17-7-3-2-4-8-17/h2-9,11,19H,10,12-16H2,1H3. The van der Waals surface area contributed by atoms with Crippen LogP contribution in [0.15, 0.2) is 54.7 Å². The first-order chi connectivity index (χ1) is 13.1. The number of rotatable bonds is 5. The lowest BCUT2D eigenvalue weighted by Gasteiger charge is -2.19. The van der Waals surface area contributed by atoms with E-state index >= 15 is 0 Å². The maximum Gasteiger partial charge on any atom is 0.227 e. The molecule has 27 heavy (non-hydrogen) atoms. The third-order valence-electron chi connectivity index (χ3n) is 5.93. The lowest BCUT2D eigenvalue weighted by molar-refractivity contribution is -0.133. The van der Waals surface area contributed by atoms with Crippen molar-refractivity contribution in [3.05, 3.63) is 66.0 Å². The van der Waals surface area contributed by atoms with Gasteiger partial charge in [-0.15, -0.1) is 0 Å². The molecule has 2 aliphatic rings. The van der Waals surface area contributed by atoms with Crippen LogP contribution >= 0.6 is 0 Å². The molecular formula is C22H25N3O2. The molecule has 2 unspecified atom stereocenters. The Morgan fingerprint density at radius 1 is 1.19 bits per heavy atom. The van der Waals surface area contributed by atoms with Gasteiger partial charge in [-0.05, 0) is 30.5 Å². The zero-order chi connectivity index (χ0) is 18.9. The van der Waals surface area contributed by atoms with Crippen LogP contribution in [0, 0.1) is 11.3 Å². The smallest absolute Gasteiger partial charge is 0.227 e. The summed E-state index contributed by atoms with van der Waals surface area (Å²) in [6.45, 7) is 2.01. The number of likely N-dealkylation sites (tertiary alicyclic amines) is 1. The first-order valence-corrected chi connectivity index (χ1v) is 9.54. The van der Waals surface area contributed by atoms with Crippen LogP contribution in [0.2, 0.25) is 0 Å². The molecule has 0 bridgehead atoms. The van der Waals surface area contributed by atoms with Gasteiger partial charge in [0.05, 0.1) is 18.7 Å². The van der Waals surface area contributed by atoms with Crippen molar-refractivity contribution in [2.24, 2.45) is 11.3 Å². The average Bonchev–Trinajstić information content (AvgIpc) is 3.21. The van der Waals surface area contributed by atoms with E-state index in [0.29, 0.717) is 19.5 Å². The molecule has 1 aliphatic heterocycles. The van der Waals surface area contributed by atoms with Crippen LogP contribution in [0.5, 0.6) is 0 Å². The molecule has 1 aromatic carbocycles. The molecule has 5 heteroatoms. The third-order valence-corrected chi connectivity index (χ3v) is 5.93. The van der Waals surface area contributed by atoms with Gasteiger partial charge >= 0.3 is 0 Å². The summed E-state index contributed by atoms with van der Waals surface area (Å²) < 4.78 is 0. The molecule has 1 saturated carbocycles. The molecule has 2 amide bonds. The van der Waals surface area contributed by atoms with Crippen molar-refractivity contribution in [2.75, 3.05) is 20.1 Å². The predicted molar refractivity (Wildman–Crippen MR) is 103 cm³/mol. The molecule has 1 aliphatic carbocycles. The maximum atomic E-state index is 12.8. The number of hydrogen-bond acceptors (Lipinski definition) is 3. The van der Waals surface area contributed by atoms with Crippen LogP contribution in [0.3, 0.4) is 0 Å². The summed E-state index contributed by atoms with van der Waals surface area (Å²) in [6.07, 6.45) is 4.02. The quantitative estimate of drug-likeness (QED) is 0.820. The highest BCUT2D eigenvalue weighted by Gasteiger charge is 2.61. The predicted octanol–water partition coefficient (Wildman–Crippen LogP) is 2.52. The van der Waals surface area contributed by atoms with Crippen LogP contribution in [0.1, 0.15) is 24.1 Å². The molecule has 2 atom stereocenters. The first kappa shape index (κ1) is 17.7. The van der Waals surface area contributed by atoms with E-state index in [4.69, 9.17) is 0 Å². The Kier molecular flexibility index (Phi) is 4.68. The minimum atomic E-state index is 0.00179. The second-order valence-corrected chi connectivity index (χ2v) is 7.86. The van der Waals surface area contributed by atoms with E-state index in [1.165, 1.54) is 0 Å². The van der Waals surface area contributed by atoms with Crippen LogP contribution in [-0.2, 0) is 22.6 Å². The number of amides is 2. The van der Waals surface area contributed by atoms with Gasteiger partial charge in [-0.1, -0.05) is 36.4 Å². The van der Waals surface area contributed by atoms with Crippen molar-refractivity contribution in [3.63, 3.8) is 0 Å². The van der Waals surface area contributed by atoms with Crippen LogP contribution < -0.4 is 0 Å². The zero-order valence-corrected chi connectivity index (χ0v) is 15.7. The van der Waals surface area contributed by atoms with Gasteiger partial charge in [0.25, 0.3) is 0 Å². The highest BCUT2D eigenvalue weighted by molar-refractivity contribution is 5.84. The van der Waals surface area contributed by atoms with Gasteiger partial charge in [-0.25, -0.2) is 0 Å². The van der Waals surface area contributed by atoms with Crippen molar-refractivity contribution in [1.82, 2.24) is 14.8 Å². The van der Waals surface area contributed by atoms with Gasteiger partial charge < -0.3 is 9.80 Å². The molecule has 2 heterocycles. The van der Waals surface area contributed by atoms with Crippen molar-refractivity contribution in [1.29, 1.82) is 0 Å². The van der Waals surface area contributed by atoms with E-state index < -0.39 is 0 Å². The number of carbonyl (C=O) groups excluding carboxylic acids is 2. The second-order valence-electron chi connectivity index (χ2n) is 7.86. The number of benzene rings is 1. The first-order valence-electron chi connectivity index (χ1n) is 9.54. The second kappa shape index (κ2) is 7.14. The van der Waals surface area contributed by atoms with E-state index in [1.54, 1.807) is 11.1 Å². The fraction of sp³-hybridized carbons (Fsp3) is 0.409. The van der Waals surface area contributed by atoms with Crippen LogP contribution in [0.25, 0.3) is 0 Å². The average molecular weight is 363 g/mol. The van der Waals surface area contributed by atoms with E-state index in [-0.39, 0.29) is 23.1 Å². The normalized spacial score (nSPS) is 23.4. The molecule has 0 N–H and O–H groups in total. The molecule has 1 aromatic heterocycles. The zero-order valence-electron chi connectivity index (χ0n) is 15.7. The largest absolute Gasteiger partial charge is 0.342 e. The minimum Gasteiger partial charge on any atom is -0.342 e. The molecule has 4 rings (SSSR count). The molecule has 0 radical (unpaired) electrons. The van der Waals surface area contributed by atoms with Gasteiger partial charge in [0.15, 0.2) is 0 Å². The highest BCUT2D eigenvalue weighted by atomic mass is 16.2. The van der Waals surface area contributed by atoms with Crippen molar-refractivity contribution in [3.8, 4) is 0 Å². The number of hydrogen-bond donors (Lipinski definition) is 0. The maximum absolute atomic E-state index is 12.8. The van der Waals surface area contributed by atoms with Crippen molar-refractivity contribution < 1.29 is 9.59 Å². The Hall–Kier alpha value is -2.69. The number of pyridine rings is 1. The lowest BCUT2D eigenvalue weighted by Crippen LogP contribution is -2.33. The van der Waals surface area contributed by atoms with Gasteiger partial charge in [0, 0.05) is 37.7 Å². The molecule has 2 fully saturated rings. The minimum absolute atomic E-state index is 0.00179. The van der Waals surface area contributed by atoms with E-state index in [0.717, 1.165) is 30.6 Å². The van der Waals surface area contributed by atoms with Gasteiger partial charge in [-0.3, -0.25) is 14.6 Å². The number of nitrogens with zero attached hydrogens (tertiary/aromatic N) is 3. The molecule has 2 aromatic rings. The van der Waals surface area contributed by atoms with E-state index in [9.17, 15) is 9.59 Å². The third kappa shape index (κ3) is 3.72. The monoisotopic (exact) mass is 363 g/mol. The molecule has 1 spiro atoms. The SMILES string of the molecule is CN(Cc1ccccn1)C(=O)C1CC12CCN(C(=O)Cc1ccccc1)C2. The van der Waals surface area contributed by atoms with E-state index in [2.05, 4.69) is 4.98 Å². The topological polar surface area (TPSA) is 53.5 Å². The van der Waals surface area contributed by atoms with Crippen molar-refractivity contribution in [2.45, 2.75) is 25.8 Å². The van der Waals surface area contributed by atoms with Gasteiger partial charge in [0.1, 0.15) is 0 Å². The Morgan fingerprint density at radius 3 is 2.70 bits per heavy atom. The fourth-order valence-electron chi connectivity index (χ4n) is 4.22. The lowest BCUT2D eigenvalue weighted by atomic mass is 10.0. The summed E-state index contributed by atoms with van der Waals surface area (Å²) in [5.74, 6) is 0.386. The van der Waals surface area contributed by atoms with Gasteiger partial charge in [-0.2, -0.15) is 0 Å². The Balaban J connectivity index is 1.32. The number of aromatic nitrogens is 1. The summed E-state index contributed by atoms with van der Waals surface area (Å²) in [5, 5.41) is 0. The summed E-state index contributed by atoms with van der Waals surface area (Å²) in [5.41, 5.74) is 1.94. The summed E-state index contributed by atoms with van der Waals surface area (Å²) >= 11 is 0. The van der Waals surface area contributed by atoms with E-state index in [1.807, 2.05) is 60.5 Å². The Morgan fingerprint density at radius 2 is 1.96 bits per heavy atom. The summed E-state index contributed by atoms with van der Waals surface area (Å²) in [7, 11) is 1.84. The fourth-order valence-corrected chi connectivity index (χ4v) is 4.22. The van der Waals surface area contributed by atoms with Crippen LogP contribution in [0.4, 0.5) is 0 Å². The molecule has 1 saturated heterocycles. The summed E-state index contributed by atoms with van der Waals surface area (Å²) in [4.78, 5) is 33.5. The molecular weight excluding hydrogens is 338 g/mol. The van der Waals surface area contributed by atoms with Gasteiger partial charge in [0.2, 0.25) is 11.8 Å². The summed E-state index contributed by atoms with van der Waals surface area (Å²) in [6, 6.07) is 15.6. The molecule has 140 valence electrons. The molecule has 5 nitrogen and oxygen atoms in total.